The van der Waals surface area contributed by atoms with Crippen molar-refractivity contribution >= 4 is 27.5 Å². The molecular weight excluding hydrogens is 360 g/mol. The first-order valence-electron chi connectivity index (χ1n) is 9.98. The molecule has 0 atom stereocenters. The maximum atomic E-state index is 5.46. The molecule has 3 aromatic carbocycles. The second kappa shape index (κ2) is 8.39. The molecule has 0 spiro atoms. The van der Waals surface area contributed by atoms with Crippen LogP contribution in [0.4, 0.5) is 5.69 Å². The van der Waals surface area contributed by atoms with Crippen LogP contribution in [0.1, 0.15) is 12.5 Å². The molecule has 29 heavy (non-hydrogen) atoms. The van der Waals surface area contributed by atoms with Gasteiger partial charge in [0, 0.05) is 23.9 Å². The third kappa shape index (κ3) is 3.70. The van der Waals surface area contributed by atoms with Gasteiger partial charge in [-0.15, -0.1) is 0 Å². The highest BCUT2D eigenvalue weighted by atomic mass is 16.5. The van der Waals surface area contributed by atoms with Gasteiger partial charge in [0.2, 0.25) is 0 Å². The summed E-state index contributed by atoms with van der Waals surface area (Å²) in [4.78, 5) is 7.31. The Bertz CT molecular complexity index is 1090. The van der Waals surface area contributed by atoms with Crippen molar-refractivity contribution in [1.29, 1.82) is 0 Å². The van der Waals surface area contributed by atoms with Gasteiger partial charge in [-0.2, -0.15) is 0 Å². The lowest BCUT2D eigenvalue weighted by Crippen LogP contribution is -2.26. The van der Waals surface area contributed by atoms with Gasteiger partial charge in [-0.25, -0.2) is 4.98 Å². The van der Waals surface area contributed by atoms with Crippen LogP contribution >= 0.6 is 0 Å². The van der Waals surface area contributed by atoms with Gasteiger partial charge < -0.3 is 14.4 Å². The average molecular weight is 386 g/mol. The molecule has 0 N–H and O–H groups in total. The zero-order valence-electron chi connectivity index (χ0n) is 17.2. The van der Waals surface area contributed by atoms with Crippen LogP contribution in [0.5, 0.6) is 11.5 Å². The van der Waals surface area contributed by atoms with E-state index in [-0.39, 0.29) is 0 Å². The summed E-state index contributed by atoms with van der Waals surface area (Å²) in [5.41, 5.74) is 4.55. The van der Waals surface area contributed by atoms with E-state index < -0.39 is 0 Å². The Morgan fingerprint density at radius 1 is 0.793 bits per heavy atom. The molecule has 0 saturated heterocycles. The Labute approximate surface area is 171 Å². The molecule has 0 aliphatic carbocycles. The number of hydrogen-bond donors (Lipinski definition) is 0. The van der Waals surface area contributed by atoms with E-state index in [1.54, 1.807) is 14.2 Å². The molecule has 0 bridgehead atoms. The SMILES string of the molecule is CCN(CCc1ccc(OC)c(OC)c1)c1c2ccccc2nc2ccccc12. The van der Waals surface area contributed by atoms with Gasteiger partial charge in [0.15, 0.2) is 11.5 Å². The number of methoxy groups -OCH3 is 2. The van der Waals surface area contributed by atoms with E-state index >= 15 is 0 Å². The fourth-order valence-corrected chi connectivity index (χ4v) is 3.89. The molecule has 0 aliphatic heterocycles. The Balaban J connectivity index is 1.71. The summed E-state index contributed by atoms with van der Waals surface area (Å²) in [5.74, 6) is 1.53. The Hall–Kier alpha value is -3.27. The predicted molar refractivity (Wildman–Crippen MR) is 120 cm³/mol. The van der Waals surface area contributed by atoms with Crippen LogP contribution < -0.4 is 14.4 Å². The summed E-state index contributed by atoms with van der Waals surface area (Å²) in [6.45, 7) is 4.04. The van der Waals surface area contributed by atoms with Crippen LogP contribution in [-0.2, 0) is 6.42 Å². The second-order valence-corrected chi connectivity index (χ2v) is 7.01. The first-order valence-corrected chi connectivity index (χ1v) is 9.98. The fraction of sp³-hybridized carbons (Fsp3) is 0.240. The zero-order valence-corrected chi connectivity index (χ0v) is 17.2. The van der Waals surface area contributed by atoms with Crippen LogP contribution in [0.3, 0.4) is 0 Å². The lowest BCUT2D eigenvalue weighted by Gasteiger charge is -2.26. The van der Waals surface area contributed by atoms with E-state index in [1.807, 2.05) is 18.2 Å². The van der Waals surface area contributed by atoms with E-state index in [0.29, 0.717) is 0 Å². The van der Waals surface area contributed by atoms with Crippen LogP contribution in [0.15, 0.2) is 66.7 Å². The molecule has 4 nitrogen and oxygen atoms in total. The number of para-hydroxylation sites is 2. The zero-order chi connectivity index (χ0) is 20.2. The summed E-state index contributed by atoms with van der Waals surface area (Å²) in [6.07, 6.45) is 0.916. The summed E-state index contributed by atoms with van der Waals surface area (Å²) in [7, 11) is 3.34. The lowest BCUT2D eigenvalue weighted by molar-refractivity contribution is 0.354. The highest BCUT2D eigenvalue weighted by Gasteiger charge is 2.15. The minimum atomic E-state index is 0.759. The summed E-state index contributed by atoms with van der Waals surface area (Å²) in [5, 5.41) is 2.39. The number of rotatable bonds is 7. The van der Waals surface area contributed by atoms with Gasteiger partial charge in [-0.05, 0) is 43.2 Å². The lowest BCUT2D eigenvalue weighted by atomic mass is 10.1. The number of nitrogens with zero attached hydrogens (tertiary/aromatic N) is 2. The number of fused-ring (bicyclic) bond motifs is 2. The van der Waals surface area contributed by atoms with Crippen molar-refractivity contribution in [2.45, 2.75) is 13.3 Å². The summed E-state index contributed by atoms with van der Waals surface area (Å²) in [6, 6.07) is 22.9. The van der Waals surface area contributed by atoms with Crippen LogP contribution in [0.25, 0.3) is 21.8 Å². The third-order valence-corrected chi connectivity index (χ3v) is 5.38. The fourth-order valence-electron chi connectivity index (χ4n) is 3.89. The van der Waals surface area contributed by atoms with Gasteiger partial charge >= 0.3 is 0 Å². The Morgan fingerprint density at radius 2 is 1.41 bits per heavy atom. The van der Waals surface area contributed by atoms with Gasteiger partial charge in [0.1, 0.15) is 0 Å². The van der Waals surface area contributed by atoms with Gasteiger partial charge in [0.05, 0.1) is 30.9 Å². The smallest absolute Gasteiger partial charge is 0.160 e. The minimum absolute atomic E-state index is 0.759. The van der Waals surface area contributed by atoms with E-state index in [1.165, 1.54) is 22.0 Å². The second-order valence-electron chi connectivity index (χ2n) is 7.01. The molecule has 148 valence electrons. The molecule has 0 saturated carbocycles. The number of anilines is 1. The van der Waals surface area contributed by atoms with Crippen LogP contribution in [-0.4, -0.2) is 32.3 Å². The van der Waals surface area contributed by atoms with Crippen molar-refractivity contribution in [3.8, 4) is 11.5 Å². The molecule has 0 radical (unpaired) electrons. The topological polar surface area (TPSA) is 34.6 Å². The van der Waals surface area contributed by atoms with E-state index in [4.69, 9.17) is 14.5 Å². The van der Waals surface area contributed by atoms with Crippen molar-refractivity contribution in [1.82, 2.24) is 4.98 Å². The first-order chi connectivity index (χ1) is 14.2. The van der Waals surface area contributed by atoms with Crippen LogP contribution in [0.2, 0.25) is 0 Å². The third-order valence-electron chi connectivity index (χ3n) is 5.38. The number of ether oxygens (including phenoxy) is 2. The largest absolute Gasteiger partial charge is 0.493 e. The number of likely N-dealkylation sites (N-methyl/N-ethyl adjacent to an activating group) is 1. The summed E-state index contributed by atoms with van der Waals surface area (Å²) >= 11 is 0. The predicted octanol–water partition coefficient (Wildman–Crippen LogP) is 5.47. The van der Waals surface area contributed by atoms with E-state index in [0.717, 1.165) is 42.0 Å². The van der Waals surface area contributed by atoms with Gasteiger partial charge in [-0.3, -0.25) is 0 Å². The first kappa shape index (κ1) is 19.1. The number of pyridine rings is 1. The molecule has 0 fully saturated rings. The highest BCUT2D eigenvalue weighted by molar-refractivity contribution is 6.07. The standard InChI is InChI=1S/C25H26N2O2/c1-4-27(16-15-18-13-14-23(28-2)24(17-18)29-3)25-19-9-5-7-11-21(19)26-22-12-8-6-10-20(22)25/h5-14,17H,4,15-16H2,1-3H3. The van der Waals surface area contributed by atoms with Crippen molar-refractivity contribution < 1.29 is 9.47 Å². The van der Waals surface area contributed by atoms with Crippen molar-refractivity contribution in [2.75, 3.05) is 32.2 Å². The summed E-state index contributed by atoms with van der Waals surface area (Å²) < 4.78 is 10.8. The Kier molecular flexibility index (Phi) is 5.52. The average Bonchev–Trinajstić information content (AvgIpc) is 2.78. The Morgan fingerprint density at radius 3 is 2.00 bits per heavy atom. The van der Waals surface area contributed by atoms with Gasteiger partial charge in [0.25, 0.3) is 0 Å². The monoisotopic (exact) mass is 386 g/mol. The number of aromatic nitrogens is 1. The van der Waals surface area contributed by atoms with Crippen molar-refractivity contribution in [3.05, 3.63) is 72.3 Å². The molecule has 0 amide bonds. The van der Waals surface area contributed by atoms with Crippen LogP contribution in [0, 0.1) is 0 Å². The maximum absolute atomic E-state index is 5.46. The maximum Gasteiger partial charge on any atom is 0.160 e. The highest BCUT2D eigenvalue weighted by Crippen LogP contribution is 2.34. The molecule has 4 aromatic rings. The quantitative estimate of drug-likeness (QED) is 0.394. The molecule has 1 heterocycles. The number of hydrogen-bond acceptors (Lipinski definition) is 4. The van der Waals surface area contributed by atoms with E-state index in [9.17, 15) is 0 Å². The normalized spacial score (nSPS) is 11.0. The molecule has 0 unspecified atom stereocenters. The number of benzene rings is 3. The molecule has 0 aliphatic rings. The van der Waals surface area contributed by atoms with E-state index in [2.05, 4.69) is 60.4 Å². The molecule has 4 rings (SSSR count). The molecule has 4 heteroatoms. The molecular formula is C25H26N2O2. The minimum Gasteiger partial charge on any atom is -0.493 e. The van der Waals surface area contributed by atoms with Gasteiger partial charge in [-0.1, -0.05) is 42.5 Å². The van der Waals surface area contributed by atoms with Crippen molar-refractivity contribution in [2.24, 2.45) is 0 Å². The molecule has 1 aromatic heterocycles. The van der Waals surface area contributed by atoms with Crippen molar-refractivity contribution in [3.63, 3.8) is 0 Å².